The van der Waals surface area contributed by atoms with Crippen molar-refractivity contribution in [2.24, 2.45) is 0 Å². The summed E-state index contributed by atoms with van der Waals surface area (Å²) >= 11 is 0. The number of hydrogen-bond donors (Lipinski definition) is 1. The van der Waals surface area contributed by atoms with E-state index >= 15 is 0 Å². The molecular weight excluding hydrogens is 238 g/mol. The molecule has 1 N–H and O–H groups in total. The summed E-state index contributed by atoms with van der Waals surface area (Å²) in [6, 6.07) is 11.0. The topological polar surface area (TPSA) is 32.7 Å². The fourth-order valence-corrected chi connectivity index (χ4v) is 2.79. The highest BCUT2D eigenvalue weighted by molar-refractivity contribution is 5.19. The van der Waals surface area contributed by atoms with Gasteiger partial charge in [0, 0.05) is 18.6 Å². The first-order valence-electron chi connectivity index (χ1n) is 7.23. The molecule has 1 aliphatic heterocycles. The van der Waals surface area contributed by atoms with Crippen LogP contribution in [0.1, 0.15) is 38.9 Å². The van der Waals surface area contributed by atoms with Crippen LogP contribution >= 0.6 is 0 Å². The number of morpholine rings is 1. The average molecular weight is 263 g/mol. The standard InChI is InChI=1S/C16H25NO2/c1-4-15(18)10-17-12(2)11-19-16(13(17)3)14-8-6-5-7-9-14/h5-9,12-13,15-16,18H,4,10-11H2,1-3H3/t12?,13?,15-,16?/m1/s1. The predicted molar refractivity (Wildman–Crippen MR) is 77.1 cm³/mol. The largest absolute Gasteiger partial charge is 0.392 e. The summed E-state index contributed by atoms with van der Waals surface area (Å²) in [5.74, 6) is 0. The van der Waals surface area contributed by atoms with Crippen molar-refractivity contribution in [3.05, 3.63) is 35.9 Å². The van der Waals surface area contributed by atoms with Crippen LogP contribution in [-0.2, 0) is 4.74 Å². The molecule has 0 radical (unpaired) electrons. The van der Waals surface area contributed by atoms with Gasteiger partial charge in [0.2, 0.25) is 0 Å². The highest BCUT2D eigenvalue weighted by atomic mass is 16.5. The smallest absolute Gasteiger partial charge is 0.0978 e. The second-order valence-electron chi connectivity index (χ2n) is 5.51. The number of nitrogens with zero attached hydrogens (tertiary/aromatic N) is 1. The van der Waals surface area contributed by atoms with Crippen molar-refractivity contribution in [2.75, 3.05) is 13.2 Å². The zero-order valence-electron chi connectivity index (χ0n) is 12.1. The lowest BCUT2D eigenvalue weighted by Gasteiger charge is -2.44. The quantitative estimate of drug-likeness (QED) is 0.906. The fraction of sp³-hybridized carbons (Fsp3) is 0.625. The molecule has 3 nitrogen and oxygen atoms in total. The van der Waals surface area contributed by atoms with Crippen LogP contribution < -0.4 is 0 Å². The molecule has 106 valence electrons. The summed E-state index contributed by atoms with van der Waals surface area (Å²) < 4.78 is 6.01. The lowest BCUT2D eigenvalue weighted by atomic mass is 9.98. The van der Waals surface area contributed by atoms with Crippen LogP contribution in [0.15, 0.2) is 30.3 Å². The Bertz CT molecular complexity index is 382. The van der Waals surface area contributed by atoms with Gasteiger partial charge in [0.05, 0.1) is 18.8 Å². The minimum absolute atomic E-state index is 0.0986. The second kappa shape index (κ2) is 6.51. The summed E-state index contributed by atoms with van der Waals surface area (Å²) in [6.07, 6.45) is 0.646. The maximum Gasteiger partial charge on any atom is 0.0978 e. The Morgan fingerprint density at radius 2 is 2.00 bits per heavy atom. The summed E-state index contributed by atoms with van der Waals surface area (Å²) in [5.41, 5.74) is 1.22. The summed E-state index contributed by atoms with van der Waals surface area (Å²) in [4.78, 5) is 2.37. The molecule has 1 aromatic carbocycles. The molecule has 3 unspecified atom stereocenters. The third-order valence-electron chi connectivity index (χ3n) is 4.07. The molecular formula is C16H25NO2. The molecule has 1 saturated heterocycles. The second-order valence-corrected chi connectivity index (χ2v) is 5.51. The van der Waals surface area contributed by atoms with E-state index in [4.69, 9.17) is 4.74 Å². The molecule has 0 bridgehead atoms. The van der Waals surface area contributed by atoms with Crippen molar-refractivity contribution in [2.45, 2.75) is 51.5 Å². The maximum absolute atomic E-state index is 9.92. The van der Waals surface area contributed by atoms with Crippen molar-refractivity contribution in [1.82, 2.24) is 4.90 Å². The SMILES string of the molecule is CC[C@@H](O)CN1C(C)COC(c2ccccc2)C1C. The van der Waals surface area contributed by atoms with Crippen LogP contribution in [0, 0.1) is 0 Å². The molecule has 1 aliphatic rings. The van der Waals surface area contributed by atoms with E-state index in [0.717, 1.165) is 19.6 Å². The van der Waals surface area contributed by atoms with Crippen LogP contribution in [0.25, 0.3) is 0 Å². The highest BCUT2D eigenvalue weighted by Crippen LogP contribution is 2.30. The molecule has 0 amide bonds. The molecule has 3 heteroatoms. The van der Waals surface area contributed by atoms with Crippen molar-refractivity contribution < 1.29 is 9.84 Å². The monoisotopic (exact) mass is 263 g/mol. The lowest BCUT2D eigenvalue weighted by Crippen LogP contribution is -2.53. The predicted octanol–water partition coefficient (Wildman–Crippen LogP) is 2.61. The van der Waals surface area contributed by atoms with Gasteiger partial charge in [-0.25, -0.2) is 0 Å². The summed E-state index contributed by atoms with van der Waals surface area (Å²) in [5, 5.41) is 9.92. The highest BCUT2D eigenvalue weighted by Gasteiger charge is 2.34. The van der Waals surface area contributed by atoms with E-state index in [1.165, 1.54) is 5.56 Å². The van der Waals surface area contributed by atoms with Crippen LogP contribution in [-0.4, -0.2) is 41.3 Å². The Hall–Kier alpha value is -0.900. The minimum atomic E-state index is -0.251. The molecule has 0 aliphatic carbocycles. The third-order valence-corrected chi connectivity index (χ3v) is 4.07. The Morgan fingerprint density at radius 3 is 2.63 bits per heavy atom. The van der Waals surface area contributed by atoms with E-state index in [1.54, 1.807) is 0 Å². The molecule has 0 spiro atoms. The van der Waals surface area contributed by atoms with Gasteiger partial charge in [0.1, 0.15) is 0 Å². The first-order valence-corrected chi connectivity index (χ1v) is 7.23. The number of β-amino-alcohol motifs (C(OH)–C–C–N with tert-alkyl or cyclic N) is 1. The van der Waals surface area contributed by atoms with E-state index in [1.807, 2.05) is 13.0 Å². The molecule has 0 aromatic heterocycles. The van der Waals surface area contributed by atoms with Crippen LogP contribution in [0.5, 0.6) is 0 Å². The number of ether oxygens (including phenoxy) is 1. The Kier molecular flexibility index (Phi) is 4.97. The molecule has 1 aromatic rings. The first-order chi connectivity index (χ1) is 9.13. The number of benzene rings is 1. The Labute approximate surface area is 116 Å². The van der Waals surface area contributed by atoms with E-state index in [0.29, 0.717) is 6.04 Å². The van der Waals surface area contributed by atoms with Crippen molar-refractivity contribution in [3.8, 4) is 0 Å². The van der Waals surface area contributed by atoms with E-state index in [-0.39, 0.29) is 18.2 Å². The van der Waals surface area contributed by atoms with E-state index in [2.05, 4.69) is 43.0 Å². The van der Waals surface area contributed by atoms with Gasteiger partial charge in [-0.2, -0.15) is 0 Å². The molecule has 0 saturated carbocycles. The van der Waals surface area contributed by atoms with E-state index in [9.17, 15) is 5.11 Å². The molecule has 19 heavy (non-hydrogen) atoms. The van der Waals surface area contributed by atoms with Crippen LogP contribution in [0.4, 0.5) is 0 Å². The van der Waals surface area contributed by atoms with Gasteiger partial charge in [0.25, 0.3) is 0 Å². The Morgan fingerprint density at radius 1 is 1.32 bits per heavy atom. The van der Waals surface area contributed by atoms with Crippen LogP contribution in [0.2, 0.25) is 0 Å². The molecule has 1 fully saturated rings. The Balaban J connectivity index is 2.11. The zero-order chi connectivity index (χ0) is 13.8. The number of aliphatic hydroxyl groups is 1. The average Bonchev–Trinajstić information content (AvgIpc) is 2.44. The van der Waals surface area contributed by atoms with Gasteiger partial charge in [-0.3, -0.25) is 4.90 Å². The third kappa shape index (κ3) is 3.35. The number of rotatable bonds is 4. The maximum atomic E-state index is 9.92. The lowest BCUT2D eigenvalue weighted by molar-refractivity contribution is -0.106. The van der Waals surface area contributed by atoms with Gasteiger partial charge >= 0.3 is 0 Å². The van der Waals surface area contributed by atoms with Crippen molar-refractivity contribution in [3.63, 3.8) is 0 Å². The summed E-state index contributed by atoms with van der Waals surface area (Å²) in [7, 11) is 0. The molecule has 2 rings (SSSR count). The first kappa shape index (κ1) is 14.5. The summed E-state index contributed by atoms with van der Waals surface area (Å²) in [6.45, 7) is 7.83. The molecule has 1 heterocycles. The normalized spacial score (nSPS) is 30.2. The van der Waals surface area contributed by atoms with Gasteiger partial charge in [-0.1, -0.05) is 37.3 Å². The van der Waals surface area contributed by atoms with Gasteiger partial charge in [0.15, 0.2) is 0 Å². The van der Waals surface area contributed by atoms with Gasteiger partial charge in [-0.05, 0) is 25.8 Å². The fourth-order valence-electron chi connectivity index (χ4n) is 2.79. The minimum Gasteiger partial charge on any atom is -0.392 e. The van der Waals surface area contributed by atoms with E-state index < -0.39 is 0 Å². The van der Waals surface area contributed by atoms with Gasteiger partial charge < -0.3 is 9.84 Å². The van der Waals surface area contributed by atoms with Crippen molar-refractivity contribution >= 4 is 0 Å². The van der Waals surface area contributed by atoms with Crippen LogP contribution in [0.3, 0.4) is 0 Å². The number of hydrogen-bond acceptors (Lipinski definition) is 3. The number of aliphatic hydroxyl groups excluding tert-OH is 1. The van der Waals surface area contributed by atoms with Gasteiger partial charge in [-0.15, -0.1) is 0 Å². The molecule has 4 atom stereocenters. The zero-order valence-corrected chi connectivity index (χ0v) is 12.1. The van der Waals surface area contributed by atoms with Crippen molar-refractivity contribution in [1.29, 1.82) is 0 Å².